The first-order valence-corrected chi connectivity index (χ1v) is 6.45. The Bertz CT molecular complexity index is 707. The van der Waals surface area contributed by atoms with Gasteiger partial charge in [0.2, 0.25) is 11.7 Å². The van der Waals surface area contributed by atoms with Gasteiger partial charge in [0.25, 0.3) is 0 Å². The maximum absolute atomic E-state index is 6.14. The topological polar surface area (TPSA) is 64.9 Å². The summed E-state index contributed by atoms with van der Waals surface area (Å²) < 4.78 is 5.29. The zero-order valence-electron chi connectivity index (χ0n) is 11.2. The molecule has 1 atom stereocenters. The van der Waals surface area contributed by atoms with Gasteiger partial charge >= 0.3 is 0 Å². The lowest BCUT2D eigenvalue weighted by atomic mass is 10.1. The molecular weight excluding hydrogens is 250 g/mol. The van der Waals surface area contributed by atoms with E-state index in [0.717, 1.165) is 16.7 Å². The molecule has 0 amide bonds. The highest BCUT2D eigenvalue weighted by atomic mass is 16.5. The van der Waals surface area contributed by atoms with Crippen molar-refractivity contribution in [3.05, 3.63) is 71.6 Å². The van der Waals surface area contributed by atoms with E-state index in [4.69, 9.17) is 10.3 Å². The maximum atomic E-state index is 6.14. The van der Waals surface area contributed by atoms with Crippen LogP contribution in [-0.2, 0) is 0 Å². The highest BCUT2D eigenvalue weighted by Gasteiger charge is 2.17. The molecule has 100 valence electrons. The third-order valence-corrected chi connectivity index (χ3v) is 3.14. The molecule has 0 aliphatic carbocycles. The number of rotatable bonds is 3. The summed E-state index contributed by atoms with van der Waals surface area (Å²) in [5, 5.41) is 4.01. The Kier molecular flexibility index (Phi) is 3.31. The van der Waals surface area contributed by atoms with E-state index in [1.54, 1.807) is 0 Å². The van der Waals surface area contributed by atoms with Crippen molar-refractivity contribution in [2.75, 3.05) is 0 Å². The second-order valence-corrected chi connectivity index (χ2v) is 4.71. The van der Waals surface area contributed by atoms with Crippen LogP contribution in [0.2, 0.25) is 0 Å². The summed E-state index contributed by atoms with van der Waals surface area (Å²) in [6.07, 6.45) is 0. The van der Waals surface area contributed by atoms with E-state index in [1.165, 1.54) is 0 Å². The molecule has 0 bridgehead atoms. The number of nitrogens with zero attached hydrogens (tertiary/aromatic N) is 2. The third kappa shape index (κ3) is 2.46. The molecule has 3 rings (SSSR count). The first-order valence-electron chi connectivity index (χ1n) is 6.45. The van der Waals surface area contributed by atoms with E-state index in [2.05, 4.69) is 10.1 Å². The molecule has 2 N–H and O–H groups in total. The van der Waals surface area contributed by atoms with Crippen molar-refractivity contribution >= 4 is 0 Å². The molecule has 0 unspecified atom stereocenters. The minimum absolute atomic E-state index is 0.401. The molecule has 1 aromatic heterocycles. The van der Waals surface area contributed by atoms with Crippen molar-refractivity contribution in [3.63, 3.8) is 0 Å². The summed E-state index contributed by atoms with van der Waals surface area (Å²) in [4.78, 5) is 4.40. The van der Waals surface area contributed by atoms with E-state index in [1.807, 2.05) is 61.5 Å². The number of benzene rings is 2. The van der Waals surface area contributed by atoms with Crippen molar-refractivity contribution in [1.82, 2.24) is 10.1 Å². The number of hydrogen-bond donors (Lipinski definition) is 1. The van der Waals surface area contributed by atoms with Gasteiger partial charge in [0, 0.05) is 5.56 Å². The van der Waals surface area contributed by atoms with Crippen molar-refractivity contribution in [2.45, 2.75) is 13.0 Å². The smallest absolute Gasteiger partial charge is 0.248 e. The minimum Gasteiger partial charge on any atom is -0.337 e. The summed E-state index contributed by atoms with van der Waals surface area (Å²) in [7, 11) is 0. The lowest BCUT2D eigenvalue weighted by Crippen LogP contribution is -2.11. The van der Waals surface area contributed by atoms with Gasteiger partial charge in [0.1, 0.15) is 6.04 Å². The van der Waals surface area contributed by atoms with Crippen molar-refractivity contribution in [3.8, 4) is 11.4 Å². The predicted molar refractivity (Wildman–Crippen MR) is 76.9 cm³/mol. The zero-order chi connectivity index (χ0) is 13.9. The first-order chi connectivity index (χ1) is 9.74. The van der Waals surface area contributed by atoms with Gasteiger partial charge in [-0.3, -0.25) is 0 Å². The molecule has 4 heteroatoms. The number of nitrogens with two attached hydrogens (primary N) is 1. The summed E-state index contributed by atoms with van der Waals surface area (Å²) in [5.74, 6) is 0.989. The quantitative estimate of drug-likeness (QED) is 0.790. The Labute approximate surface area is 117 Å². The lowest BCUT2D eigenvalue weighted by Gasteiger charge is -2.05. The highest BCUT2D eigenvalue weighted by Crippen LogP contribution is 2.22. The molecule has 0 aliphatic heterocycles. The molecule has 0 spiro atoms. The van der Waals surface area contributed by atoms with E-state index < -0.39 is 6.04 Å². The average molecular weight is 265 g/mol. The summed E-state index contributed by atoms with van der Waals surface area (Å²) >= 11 is 0. The van der Waals surface area contributed by atoms with Crippen LogP contribution < -0.4 is 5.73 Å². The van der Waals surface area contributed by atoms with Crippen molar-refractivity contribution in [2.24, 2.45) is 5.73 Å². The van der Waals surface area contributed by atoms with Crippen LogP contribution in [0.4, 0.5) is 0 Å². The lowest BCUT2D eigenvalue weighted by molar-refractivity contribution is 0.367. The molecule has 3 aromatic rings. The van der Waals surface area contributed by atoms with Crippen LogP contribution in [-0.4, -0.2) is 10.1 Å². The van der Waals surface area contributed by atoms with Gasteiger partial charge in [-0.05, 0) is 18.6 Å². The summed E-state index contributed by atoms with van der Waals surface area (Å²) in [6.45, 7) is 2.03. The molecule has 4 nitrogen and oxygen atoms in total. The van der Waals surface area contributed by atoms with Gasteiger partial charge in [0.05, 0.1) is 0 Å². The minimum atomic E-state index is -0.401. The number of hydrogen-bond acceptors (Lipinski definition) is 4. The standard InChI is InChI=1S/C16H15N3O/c1-11-6-5-9-13(10-11)15-18-16(20-19-15)14(17)12-7-3-2-4-8-12/h2-10,14H,17H2,1H3/t14-/m1/s1. The van der Waals surface area contributed by atoms with Crippen LogP contribution in [0.5, 0.6) is 0 Å². The van der Waals surface area contributed by atoms with Crippen LogP contribution in [0.1, 0.15) is 23.1 Å². The molecule has 0 saturated carbocycles. The molecule has 0 aliphatic rings. The number of aryl methyl sites for hydroxylation is 1. The van der Waals surface area contributed by atoms with Gasteiger partial charge in [-0.2, -0.15) is 4.98 Å². The Hall–Kier alpha value is -2.46. The Morgan fingerprint density at radius 1 is 1.05 bits per heavy atom. The fourth-order valence-corrected chi connectivity index (χ4v) is 2.07. The van der Waals surface area contributed by atoms with Gasteiger partial charge < -0.3 is 10.3 Å². The molecular formula is C16H15N3O. The van der Waals surface area contributed by atoms with E-state index in [9.17, 15) is 0 Å². The van der Waals surface area contributed by atoms with Gasteiger partial charge in [-0.25, -0.2) is 0 Å². The first kappa shape index (κ1) is 12.6. The van der Waals surface area contributed by atoms with Gasteiger partial charge in [-0.1, -0.05) is 59.3 Å². The predicted octanol–water partition coefficient (Wildman–Crippen LogP) is 3.09. The van der Waals surface area contributed by atoms with Crippen LogP contribution in [0.15, 0.2) is 59.1 Å². The van der Waals surface area contributed by atoms with Gasteiger partial charge in [0.15, 0.2) is 0 Å². The van der Waals surface area contributed by atoms with Crippen molar-refractivity contribution < 1.29 is 4.52 Å². The van der Waals surface area contributed by atoms with Crippen molar-refractivity contribution in [1.29, 1.82) is 0 Å². The average Bonchev–Trinajstić information content (AvgIpc) is 2.97. The van der Waals surface area contributed by atoms with E-state index >= 15 is 0 Å². The van der Waals surface area contributed by atoms with E-state index in [0.29, 0.717) is 11.7 Å². The maximum Gasteiger partial charge on any atom is 0.248 e. The van der Waals surface area contributed by atoms with Gasteiger partial charge in [-0.15, -0.1) is 0 Å². The largest absolute Gasteiger partial charge is 0.337 e. The number of aromatic nitrogens is 2. The summed E-state index contributed by atoms with van der Waals surface area (Å²) in [6, 6.07) is 17.3. The molecule has 2 aromatic carbocycles. The normalized spacial score (nSPS) is 12.3. The summed E-state index contributed by atoms with van der Waals surface area (Å²) in [5.41, 5.74) is 9.18. The Balaban J connectivity index is 1.91. The second kappa shape index (κ2) is 5.27. The van der Waals surface area contributed by atoms with E-state index in [-0.39, 0.29) is 0 Å². The van der Waals surface area contributed by atoms with Crippen LogP contribution in [0.25, 0.3) is 11.4 Å². The molecule has 20 heavy (non-hydrogen) atoms. The SMILES string of the molecule is Cc1cccc(-c2noc([C@H](N)c3ccccc3)n2)c1. The highest BCUT2D eigenvalue weighted by molar-refractivity contribution is 5.55. The molecule has 0 radical (unpaired) electrons. The second-order valence-electron chi connectivity index (χ2n) is 4.71. The zero-order valence-corrected chi connectivity index (χ0v) is 11.2. The fraction of sp³-hybridized carbons (Fsp3) is 0.125. The molecule has 0 fully saturated rings. The monoisotopic (exact) mass is 265 g/mol. The van der Waals surface area contributed by atoms with Crippen LogP contribution >= 0.6 is 0 Å². The van der Waals surface area contributed by atoms with Crippen LogP contribution in [0, 0.1) is 6.92 Å². The fourth-order valence-electron chi connectivity index (χ4n) is 2.07. The molecule has 1 heterocycles. The Morgan fingerprint density at radius 2 is 1.85 bits per heavy atom. The Morgan fingerprint density at radius 3 is 2.60 bits per heavy atom. The molecule has 0 saturated heterocycles. The van der Waals surface area contributed by atoms with Crippen LogP contribution in [0.3, 0.4) is 0 Å². The third-order valence-electron chi connectivity index (χ3n) is 3.14.